The molecule has 6 nitrogen and oxygen atoms in total. The molecule has 2 aromatic rings. The Morgan fingerprint density at radius 3 is 2.70 bits per heavy atom. The molecule has 1 unspecified atom stereocenters. The van der Waals surface area contributed by atoms with E-state index in [2.05, 4.69) is 5.32 Å². The van der Waals surface area contributed by atoms with Gasteiger partial charge in [-0.05, 0) is 42.0 Å². The first-order valence-electron chi connectivity index (χ1n) is 8.69. The van der Waals surface area contributed by atoms with Crippen molar-refractivity contribution in [2.24, 2.45) is 0 Å². The van der Waals surface area contributed by atoms with Crippen molar-refractivity contribution < 1.29 is 22.7 Å². The van der Waals surface area contributed by atoms with E-state index in [0.29, 0.717) is 18.7 Å². The molecule has 1 fully saturated rings. The van der Waals surface area contributed by atoms with Gasteiger partial charge in [0.15, 0.2) is 0 Å². The number of aliphatic hydroxyl groups excluding tert-OH is 1. The molecule has 2 N–H and O–H groups in total. The number of benzene rings is 1. The molecule has 0 radical (unpaired) electrons. The third-order valence-corrected chi connectivity index (χ3v) is 7.44. The van der Waals surface area contributed by atoms with Crippen molar-refractivity contribution in [1.82, 2.24) is 9.62 Å². The molecular weight excluding hydrogens is 391 g/mol. The lowest BCUT2D eigenvalue weighted by Gasteiger charge is -2.25. The highest BCUT2D eigenvalue weighted by Gasteiger charge is 2.31. The van der Waals surface area contributed by atoms with Gasteiger partial charge in [0, 0.05) is 19.6 Å². The number of nitrogens with one attached hydrogen (secondary N) is 1. The fourth-order valence-corrected chi connectivity index (χ4v) is 5.85. The summed E-state index contributed by atoms with van der Waals surface area (Å²) in [5, 5.41) is 14.2. The first kappa shape index (κ1) is 19.9. The number of thiophene rings is 1. The van der Waals surface area contributed by atoms with Crippen molar-refractivity contribution in [2.75, 3.05) is 19.6 Å². The molecular formula is C18H21FN2O4S2. The van der Waals surface area contributed by atoms with Crippen molar-refractivity contribution >= 4 is 27.3 Å². The number of halogens is 1. The fraction of sp³-hybridized carbons (Fsp3) is 0.389. The first-order valence-corrected chi connectivity index (χ1v) is 11.0. The van der Waals surface area contributed by atoms with Gasteiger partial charge in [-0.3, -0.25) is 4.79 Å². The van der Waals surface area contributed by atoms with Gasteiger partial charge in [-0.15, -0.1) is 11.3 Å². The third kappa shape index (κ3) is 4.55. The molecule has 1 saturated heterocycles. The second-order valence-corrected chi connectivity index (χ2v) is 9.18. The van der Waals surface area contributed by atoms with E-state index >= 15 is 0 Å². The van der Waals surface area contributed by atoms with E-state index in [1.54, 1.807) is 11.4 Å². The van der Waals surface area contributed by atoms with Crippen LogP contribution in [0.2, 0.25) is 0 Å². The SMILES string of the molecule is O=C(NCC(O)c1cccc(F)c1)c1sccc1S(=O)(=O)N1CCCCC1. The molecule has 9 heteroatoms. The van der Waals surface area contributed by atoms with E-state index in [-0.39, 0.29) is 16.3 Å². The van der Waals surface area contributed by atoms with Crippen LogP contribution in [-0.2, 0) is 10.0 Å². The lowest BCUT2D eigenvalue weighted by Crippen LogP contribution is -2.36. The molecule has 1 atom stereocenters. The fourth-order valence-electron chi connectivity index (χ4n) is 3.01. The summed E-state index contributed by atoms with van der Waals surface area (Å²) in [5.74, 6) is -1.05. The molecule has 27 heavy (non-hydrogen) atoms. The van der Waals surface area contributed by atoms with Crippen LogP contribution in [0.1, 0.15) is 40.6 Å². The molecule has 0 saturated carbocycles. The predicted molar refractivity (Wildman–Crippen MR) is 101 cm³/mol. The van der Waals surface area contributed by atoms with E-state index in [4.69, 9.17) is 0 Å². The Morgan fingerprint density at radius 1 is 1.26 bits per heavy atom. The Balaban J connectivity index is 1.70. The van der Waals surface area contributed by atoms with E-state index in [1.807, 2.05) is 0 Å². The number of carbonyl (C=O) groups is 1. The summed E-state index contributed by atoms with van der Waals surface area (Å²) in [6, 6.07) is 6.91. The molecule has 0 bridgehead atoms. The maximum absolute atomic E-state index is 13.2. The van der Waals surface area contributed by atoms with Crippen LogP contribution in [0.25, 0.3) is 0 Å². The van der Waals surface area contributed by atoms with Gasteiger partial charge in [0.1, 0.15) is 15.6 Å². The smallest absolute Gasteiger partial charge is 0.262 e. The van der Waals surface area contributed by atoms with Gasteiger partial charge < -0.3 is 10.4 Å². The van der Waals surface area contributed by atoms with Crippen LogP contribution in [-0.4, -0.2) is 43.4 Å². The quantitative estimate of drug-likeness (QED) is 0.763. The summed E-state index contributed by atoms with van der Waals surface area (Å²) in [4.78, 5) is 12.6. The number of carbonyl (C=O) groups excluding carboxylic acids is 1. The van der Waals surface area contributed by atoms with Gasteiger partial charge in [0.2, 0.25) is 10.0 Å². The van der Waals surface area contributed by atoms with Crippen LogP contribution in [0.3, 0.4) is 0 Å². The highest BCUT2D eigenvalue weighted by molar-refractivity contribution is 7.89. The monoisotopic (exact) mass is 412 g/mol. The number of nitrogens with zero attached hydrogens (tertiary/aromatic N) is 1. The minimum Gasteiger partial charge on any atom is -0.387 e. The number of hydrogen-bond donors (Lipinski definition) is 2. The highest BCUT2D eigenvalue weighted by atomic mass is 32.2. The predicted octanol–water partition coefficient (Wildman–Crippen LogP) is 2.53. The van der Waals surface area contributed by atoms with Crippen LogP contribution < -0.4 is 5.32 Å². The standard InChI is InChI=1S/C18H21FN2O4S2/c19-14-6-4-5-13(11-14)15(22)12-20-18(23)17-16(7-10-26-17)27(24,25)21-8-2-1-3-9-21/h4-7,10-11,15,22H,1-3,8-9,12H2,(H,20,23). The first-order chi connectivity index (χ1) is 12.9. The average molecular weight is 413 g/mol. The number of rotatable bonds is 6. The van der Waals surface area contributed by atoms with Crippen molar-refractivity contribution in [2.45, 2.75) is 30.3 Å². The Labute approximate surface area is 161 Å². The van der Waals surface area contributed by atoms with Gasteiger partial charge in [0.25, 0.3) is 5.91 Å². The molecule has 1 aliphatic rings. The molecule has 3 rings (SSSR count). The molecule has 1 aromatic carbocycles. The number of aliphatic hydroxyl groups is 1. The van der Waals surface area contributed by atoms with Gasteiger partial charge in [-0.1, -0.05) is 18.6 Å². The molecule has 0 spiro atoms. The molecule has 146 valence electrons. The Bertz CT molecular complexity index is 908. The summed E-state index contributed by atoms with van der Waals surface area (Å²) < 4.78 is 40.3. The van der Waals surface area contributed by atoms with E-state index in [1.165, 1.54) is 28.6 Å². The highest BCUT2D eigenvalue weighted by Crippen LogP contribution is 2.27. The van der Waals surface area contributed by atoms with Crippen molar-refractivity contribution in [1.29, 1.82) is 0 Å². The Hall–Kier alpha value is -1.81. The molecule has 2 heterocycles. The zero-order chi connectivity index (χ0) is 19.4. The van der Waals surface area contributed by atoms with Crippen LogP contribution in [0.5, 0.6) is 0 Å². The maximum Gasteiger partial charge on any atom is 0.262 e. The lowest BCUT2D eigenvalue weighted by molar-refractivity contribution is 0.0917. The lowest BCUT2D eigenvalue weighted by atomic mass is 10.1. The van der Waals surface area contributed by atoms with Gasteiger partial charge in [0.05, 0.1) is 6.10 Å². The molecule has 1 aliphatic heterocycles. The summed E-state index contributed by atoms with van der Waals surface area (Å²) in [6.07, 6.45) is 1.53. The summed E-state index contributed by atoms with van der Waals surface area (Å²) in [7, 11) is -3.72. The van der Waals surface area contributed by atoms with Crippen LogP contribution >= 0.6 is 11.3 Å². The zero-order valence-corrected chi connectivity index (χ0v) is 16.2. The minimum atomic E-state index is -3.72. The zero-order valence-electron chi connectivity index (χ0n) is 14.6. The molecule has 1 aromatic heterocycles. The van der Waals surface area contributed by atoms with E-state index in [9.17, 15) is 22.7 Å². The Morgan fingerprint density at radius 2 is 2.00 bits per heavy atom. The van der Waals surface area contributed by atoms with Crippen LogP contribution in [0.4, 0.5) is 4.39 Å². The van der Waals surface area contributed by atoms with Gasteiger partial charge in [-0.2, -0.15) is 4.31 Å². The second kappa shape index (κ2) is 8.47. The average Bonchev–Trinajstić information content (AvgIpc) is 3.17. The van der Waals surface area contributed by atoms with Gasteiger partial charge in [-0.25, -0.2) is 12.8 Å². The van der Waals surface area contributed by atoms with Crippen LogP contribution in [0, 0.1) is 5.82 Å². The Kier molecular flexibility index (Phi) is 6.25. The van der Waals surface area contributed by atoms with E-state index < -0.39 is 27.9 Å². The summed E-state index contributed by atoms with van der Waals surface area (Å²) in [5.41, 5.74) is 0.336. The van der Waals surface area contributed by atoms with Gasteiger partial charge >= 0.3 is 0 Å². The number of sulfonamides is 1. The van der Waals surface area contributed by atoms with Crippen molar-refractivity contribution in [3.8, 4) is 0 Å². The summed E-state index contributed by atoms with van der Waals surface area (Å²) in [6.45, 7) is 0.762. The third-order valence-electron chi connectivity index (χ3n) is 4.46. The maximum atomic E-state index is 13.2. The van der Waals surface area contributed by atoms with E-state index in [0.717, 1.165) is 30.6 Å². The second-order valence-electron chi connectivity index (χ2n) is 6.36. The largest absolute Gasteiger partial charge is 0.387 e. The molecule has 1 amide bonds. The number of amides is 1. The molecule has 0 aliphatic carbocycles. The number of hydrogen-bond acceptors (Lipinski definition) is 5. The summed E-state index contributed by atoms with van der Waals surface area (Å²) >= 11 is 1.04. The van der Waals surface area contributed by atoms with Crippen LogP contribution in [0.15, 0.2) is 40.6 Å². The topological polar surface area (TPSA) is 86.7 Å². The number of piperidine rings is 1. The normalized spacial score (nSPS) is 16.8. The minimum absolute atomic E-state index is 0.00727. The van der Waals surface area contributed by atoms with Crippen molar-refractivity contribution in [3.63, 3.8) is 0 Å². The van der Waals surface area contributed by atoms with Crippen molar-refractivity contribution in [3.05, 3.63) is 52.0 Å².